The molecule has 0 bridgehead atoms. The number of hydrogen-bond acceptors (Lipinski definition) is 4. The van der Waals surface area contributed by atoms with Crippen molar-refractivity contribution >= 4 is 23.0 Å². The van der Waals surface area contributed by atoms with Crippen LogP contribution < -0.4 is 15.4 Å². The number of aryl methyl sites for hydroxylation is 1. The van der Waals surface area contributed by atoms with E-state index in [1.807, 2.05) is 54.6 Å². The van der Waals surface area contributed by atoms with Gasteiger partial charge in [0.15, 0.2) is 0 Å². The summed E-state index contributed by atoms with van der Waals surface area (Å²) in [6, 6.07) is 18.9. The number of carbonyl (C=O) groups is 1. The molecule has 132 valence electrons. The zero-order valence-electron chi connectivity index (χ0n) is 14.8. The molecule has 0 saturated heterocycles. The van der Waals surface area contributed by atoms with Crippen LogP contribution in [0.3, 0.4) is 0 Å². The molecule has 0 unspecified atom stereocenters. The molecular weight excluding hydrogens is 326 g/mol. The topological polar surface area (TPSA) is 63.2 Å². The summed E-state index contributed by atoms with van der Waals surface area (Å²) in [5.74, 6) is 0.568. The summed E-state index contributed by atoms with van der Waals surface area (Å²) in [7, 11) is 1.63. The van der Waals surface area contributed by atoms with Crippen molar-refractivity contribution in [3.63, 3.8) is 0 Å². The van der Waals surface area contributed by atoms with Gasteiger partial charge in [0.05, 0.1) is 19.0 Å². The van der Waals surface area contributed by atoms with Crippen LogP contribution in [0.15, 0.2) is 66.9 Å². The van der Waals surface area contributed by atoms with Gasteiger partial charge in [-0.2, -0.15) is 0 Å². The second kappa shape index (κ2) is 8.16. The number of aromatic nitrogens is 1. The first-order valence-corrected chi connectivity index (χ1v) is 8.45. The fraction of sp³-hybridized carbons (Fsp3) is 0.143. The second-order valence-electron chi connectivity index (χ2n) is 5.79. The molecule has 2 N–H and O–H groups in total. The summed E-state index contributed by atoms with van der Waals surface area (Å²) in [6.45, 7) is 2.10. The fourth-order valence-electron chi connectivity index (χ4n) is 2.46. The van der Waals surface area contributed by atoms with Crippen molar-refractivity contribution in [3.8, 4) is 5.75 Å². The molecule has 5 heteroatoms. The lowest BCUT2D eigenvalue weighted by atomic mass is 10.1. The fourth-order valence-corrected chi connectivity index (χ4v) is 2.46. The molecule has 0 spiro atoms. The van der Waals surface area contributed by atoms with Gasteiger partial charge in [0.25, 0.3) is 5.91 Å². The van der Waals surface area contributed by atoms with Crippen molar-refractivity contribution in [2.45, 2.75) is 13.3 Å². The summed E-state index contributed by atoms with van der Waals surface area (Å²) >= 11 is 0. The Morgan fingerprint density at radius 1 is 0.923 bits per heavy atom. The van der Waals surface area contributed by atoms with Crippen molar-refractivity contribution in [2.75, 3.05) is 17.7 Å². The number of nitrogens with zero attached hydrogens (tertiary/aromatic N) is 1. The van der Waals surface area contributed by atoms with Crippen LogP contribution >= 0.6 is 0 Å². The normalized spacial score (nSPS) is 10.2. The lowest BCUT2D eigenvalue weighted by Crippen LogP contribution is -2.13. The van der Waals surface area contributed by atoms with E-state index in [0.717, 1.165) is 29.2 Å². The van der Waals surface area contributed by atoms with Gasteiger partial charge in [-0.3, -0.25) is 4.79 Å². The Morgan fingerprint density at radius 3 is 2.15 bits per heavy atom. The van der Waals surface area contributed by atoms with E-state index in [2.05, 4.69) is 22.5 Å². The van der Waals surface area contributed by atoms with Crippen LogP contribution in [0.4, 0.5) is 17.1 Å². The lowest BCUT2D eigenvalue weighted by molar-refractivity contribution is 0.102. The van der Waals surface area contributed by atoms with E-state index in [1.165, 1.54) is 5.56 Å². The first kappa shape index (κ1) is 17.5. The molecular formula is C21H21N3O2. The number of carbonyl (C=O) groups excluding carboxylic acids is 1. The number of nitrogens with one attached hydrogen (secondary N) is 2. The summed E-state index contributed by atoms with van der Waals surface area (Å²) < 4.78 is 5.14. The number of pyridine rings is 1. The Bertz CT molecular complexity index is 857. The third kappa shape index (κ3) is 4.39. The van der Waals surface area contributed by atoms with Crippen molar-refractivity contribution in [3.05, 3.63) is 78.1 Å². The molecule has 1 heterocycles. The predicted octanol–water partition coefficient (Wildman–Crippen LogP) is 4.65. The summed E-state index contributed by atoms with van der Waals surface area (Å²) in [5, 5.41) is 6.09. The smallest absolute Gasteiger partial charge is 0.274 e. The van der Waals surface area contributed by atoms with Crippen LogP contribution in [0.2, 0.25) is 0 Å². The Morgan fingerprint density at radius 2 is 1.58 bits per heavy atom. The van der Waals surface area contributed by atoms with Crippen molar-refractivity contribution in [2.24, 2.45) is 0 Å². The Kier molecular flexibility index (Phi) is 5.49. The molecule has 0 saturated carbocycles. The third-order valence-corrected chi connectivity index (χ3v) is 3.99. The zero-order chi connectivity index (χ0) is 18.4. The van der Waals surface area contributed by atoms with Crippen molar-refractivity contribution < 1.29 is 9.53 Å². The number of amides is 1. The number of benzene rings is 2. The molecule has 1 amide bonds. The number of rotatable bonds is 6. The highest BCUT2D eigenvalue weighted by molar-refractivity contribution is 6.02. The van der Waals surface area contributed by atoms with E-state index in [0.29, 0.717) is 5.69 Å². The van der Waals surface area contributed by atoms with Crippen LogP contribution in [0, 0.1) is 0 Å². The van der Waals surface area contributed by atoms with Gasteiger partial charge in [-0.1, -0.05) is 19.1 Å². The van der Waals surface area contributed by atoms with Gasteiger partial charge in [0, 0.05) is 11.4 Å². The van der Waals surface area contributed by atoms with E-state index in [9.17, 15) is 4.79 Å². The van der Waals surface area contributed by atoms with Crippen LogP contribution in [0.5, 0.6) is 5.75 Å². The van der Waals surface area contributed by atoms with Gasteiger partial charge < -0.3 is 15.4 Å². The van der Waals surface area contributed by atoms with Gasteiger partial charge in [0.1, 0.15) is 11.4 Å². The number of hydrogen-bond donors (Lipinski definition) is 2. The summed E-state index contributed by atoms with van der Waals surface area (Å²) in [6.07, 6.45) is 2.61. The molecule has 5 nitrogen and oxygen atoms in total. The predicted molar refractivity (Wildman–Crippen MR) is 104 cm³/mol. The monoisotopic (exact) mass is 347 g/mol. The SMILES string of the molecule is CCc1ccc(NC(=O)c2ccc(Nc3ccc(OC)cc3)cn2)cc1. The van der Waals surface area contributed by atoms with Crippen LogP contribution in [-0.2, 0) is 6.42 Å². The maximum Gasteiger partial charge on any atom is 0.274 e. The minimum atomic E-state index is -0.231. The van der Waals surface area contributed by atoms with Crippen molar-refractivity contribution in [1.29, 1.82) is 0 Å². The van der Waals surface area contributed by atoms with Gasteiger partial charge in [-0.15, -0.1) is 0 Å². The van der Waals surface area contributed by atoms with Crippen LogP contribution in [-0.4, -0.2) is 18.0 Å². The average molecular weight is 347 g/mol. The summed E-state index contributed by atoms with van der Waals surface area (Å²) in [5.41, 5.74) is 4.08. The molecule has 2 aromatic carbocycles. The highest BCUT2D eigenvalue weighted by atomic mass is 16.5. The molecule has 0 atom stereocenters. The number of ether oxygens (including phenoxy) is 1. The standard InChI is InChI=1S/C21H21N3O2/c1-3-15-4-6-17(7-5-15)24-21(25)20-13-10-18(14-22-20)23-16-8-11-19(26-2)12-9-16/h4-14,23H,3H2,1-2H3,(H,24,25). The van der Waals surface area contributed by atoms with Crippen LogP contribution in [0.25, 0.3) is 0 Å². The maximum atomic E-state index is 12.3. The molecule has 0 aliphatic rings. The van der Waals surface area contributed by atoms with E-state index in [-0.39, 0.29) is 5.91 Å². The highest BCUT2D eigenvalue weighted by Crippen LogP contribution is 2.19. The van der Waals surface area contributed by atoms with E-state index >= 15 is 0 Å². The van der Waals surface area contributed by atoms with Gasteiger partial charge in [-0.05, 0) is 60.5 Å². The highest BCUT2D eigenvalue weighted by Gasteiger charge is 2.08. The zero-order valence-corrected chi connectivity index (χ0v) is 14.8. The minimum Gasteiger partial charge on any atom is -0.497 e. The number of anilines is 3. The first-order valence-electron chi connectivity index (χ1n) is 8.45. The van der Waals surface area contributed by atoms with E-state index < -0.39 is 0 Å². The average Bonchev–Trinajstić information content (AvgIpc) is 2.69. The molecule has 3 rings (SSSR count). The lowest BCUT2D eigenvalue weighted by Gasteiger charge is -2.08. The second-order valence-corrected chi connectivity index (χ2v) is 5.79. The molecule has 0 fully saturated rings. The molecule has 3 aromatic rings. The van der Waals surface area contributed by atoms with Crippen molar-refractivity contribution in [1.82, 2.24) is 4.98 Å². The van der Waals surface area contributed by atoms with E-state index in [4.69, 9.17) is 4.74 Å². The van der Waals surface area contributed by atoms with Gasteiger partial charge >= 0.3 is 0 Å². The Hall–Kier alpha value is -3.34. The molecule has 0 aliphatic carbocycles. The maximum absolute atomic E-state index is 12.3. The Labute approximate surface area is 153 Å². The van der Waals surface area contributed by atoms with E-state index in [1.54, 1.807) is 19.4 Å². The largest absolute Gasteiger partial charge is 0.497 e. The first-order chi connectivity index (χ1) is 12.7. The Balaban J connectivity index is 1.63. The molecule has 0 radical (unpaired) electrons. The van der Waals surface area contributed by atoms with Gasteiger partial charge in [-0.25, -0.2) is 4.98 Å². The van der Waals surface area contributed by atoms with Gasteiger partial charge in [0.2, 0.25) is 0 Å². The molecule has 0 aliphatic heterocycles. The molecule has 1 aromatic heterocycles. The molecule has 26 heavy (non-hydrogen) atoms. The third-order valence-electron chi connectivity index (χ3n) is 3.99. The van der Waals surface area contributed by atoms with Crippen LogP contribution in [0.1, 0.15) is 23.0 Å². The minimum absolute atomic E-state index is 0.231. The number of methoxy groups -OCH3 is 1. The summed E-state index contributed by atoms with van der Waals surface area (Å²) in [4.78, 5) is 16.5. The quantitative estimate of drug-likeness (QED) is 0.681.